The van der Waals surface area contributed by atoms with E-state index in [1.807, 2.05) is 6.07 Å². The average Bonchev–Trinajstić information content (AvgIpc) is 2.97. The molecule has 0 atom stereocenters. The largest absolute Gasteiger partial charge is 0.359 e. The third-order valence-corrected chi connectivity index (χ3v) is 3.61. The maximum atomic E-state index is 5.26. The molecule has 132 valence electrons. The van der Waals surface area contributed by atoms with Crippen LogP contribution in [0.15, 0.2) is 33.8 Å². The van der Waals surface area contributed by atoms with Crippen LogP contribution in [0.1, 0.15) is 35.1 Å². The zero-order valence-corrected chi connectivity index (χ0v) is 17.2. The SMILES string of the molecule is CCc1cc(CNC(=NC)NCCc2cc(C)cc(C)c2)on1.I. The molecule has 6 heteroatoms. The molecular weight excluding hydrogens is 415 g/mol. The maximum Gasteiger partial charge on any atom is 0.191 e. The van der Waals surface area contributed by atoms with Crippen molar-refractivity contribution in [1.82, 2.24) is 15.8 Å². The Balaban J connectivity index is 0.00000288. The molecule has 2 rings (SSSR count). The van der Waals surface area contributed by atoms with E-state index in [0.717, 1.165) is 36.8 Å². The minimum Gasteiger partial charge on any atom is -0.359 e. The highest BCUT2D eigenvalue weighted by Gasteiger charge is 2.04. The molecule has 0 aliphatic rings. The van der Waals surface area contributed by atoms with Gasteiger partial charge in [0.2, 0.25) is 0 Å². The van der Waals surface area contributed by atoms with Gasteiger partial charge >= 0.3 is 0 Å². The van der Waals surface area contributed by atoms with Gasteiger partial charge < -0.3 is 15.2 Å². The number of aryl methyl sites for hydroxylation is 3. The number of aliphatic imine (C=N–C) groups is 1. The van der Waals surface area contributed by atoms with Gasteiger partial charge in [0.15, 0.2) is 11.7 Å². The zero-order valence-electron chi connectivity index (χ0n) is 14.8. The summed E-state index contributed by atoms with van der Waals surface area (Å²) in [6.07, 6.45) is 1.85. The van der Waals surface area contributed by atoms with Crippen LogP contribution in [-0.2, 0) is 19.4 Å². The lowest BCUT2D eigenvalue weighted by Crippen LogP contribution is -2.37. The fourth-order valence-corrected chi connectivity index (χ4v) is 2.54. The molecule has 0 saturated heterocycles. The van der Waals surface area contributed by atoms with E-state index in [9.17, 15) is 0 Å². The predicted octanol–water partition coefficient (Wildman–Crippen LogP) is 3.38. The minimum atomic E-state index is 0. The lowest BCUT2D eigenvalue weighted by atomic mass is 10.1. The number of nitrogens with one attached hydrogen (secondary N) is 2. The molecule has 0 unspecified atom stereocenters. The first-order chi connectivity index (χ1) is 11.1. The van der Waals surface area contributed by atoms with Gasteiger partial charge in [-0.2, -0.15) is 0 Å². The molecule has 24 heavy (non-hydrogen) atoms. The summed E-state index contributed by atoms with van der Waals surface area (Å²) >= 11 is 0. The van der Waals surface area contributed by atoms with E-state index in [2.05, 4.69) is 59.8 Å². The van der Waals surface area contributed by atoms with E-state index in [1.54, 1.807) is 7.05 Å². The van der Waals surface area contributed by atoms with Gasteiger partial charge in [-0.15, -0.1) is 24.0 Å². The number of hydrogen-bond donors (Lipinski definition) is 2. The Morgan fingerprint density at radius 1 is 1.12 bits per heavy atom. The summed E-state index contributed by atoms with van der Waals surface area (Å²) in [5, 5.41) is 10.5. The van der Waals surface area contributed by atoms with Crippen molar-refractivity contribution in [2.75, 3.05) is 13.6 Å². The summed E-state index contributed by atoms with van der Waals surface area (Å²) in [7, 11) is 1.77. The molecule has 2 N–H and O–H groups in total. The van der Waals surface area contributed by atoms with Crippen LogP contribution in [0, 0.1) is 13.8 Å². The van der Waals surface area contributed by atoms with Crippen molar-refractivity contribution in [1.29, 1.82) is 0 Å². The van der Waals surface area contributed by atoms with E-state index >= 15 is 0 Å². The Bertz CT molecular complexity index is 647. The summed E-state index contributed by atoms with van der Waals surface area (Å²) in [5.41, 5.74) is 4.92. The number of nitrogens with zero attached hydrogens (tertiary/aromatic N) is 2. The average molecular weight is 442 g/mol. The van der Waals surface area contributed by atoms with Crippen LogP contribution in [-0.4, -0.2) is 24.7 Å². The van der Waals surface area contributed by atoms with Crippen molar-refractivity contribution in [3.05, 3.63) is 52.4 Å². The number of aromatic nitrogens is 1. The number of rotatable bonds is 6. The fourth-order valence-electron chi connectivity index (χ4n) is 2.54. The normalized spacial score (nSPS) is 11.1. The summed E-state index contributed by atoms with van der Waals surface area (Å²) in [6, 6.07) is 8.62. The third kappa shape index (κ3) is 6.51. The van der Waals surface area contributed by atoms with Gasteiger partial charge in [0.25, 0.3) is 0 Å². The zero-order chi connectivity index (χ0) is 16.7. The molecule has 0 spiro atoms. The maximum absolute atomic E-state index is 5.26. The summed E-state index contributed by atoms with van der Waals surface area (Å²) in [4.78, 5) is 4.23. The molecule has 0 aliphatic heterocycles. The van der Waals surface area contributed by atoms with Gasteiger partial charge in [-0.25, -0.2) is 0 Å². The molecule has 2 aromatic rings. The van der Waals surface area contributed by atoms with Crippen molar-refractivity contribution in [2.24, 2.45) is 4.99 Å². The lowest BCUT2D eigenvalue weighted by molar-refractivity contribution is 0.374. The predicted molar refractivity (Wildman–Crippen MR) is 109 cm³/mol. The smallest absolute Gasteiger partial charge is 0.191 e. The first kappa shape index (κ1) is 20.5. The van der Waals surface area contributed by atoms with E-state index in [1.165, 1.54) is 16.7 Å². The highest BCUT2D eigenvalue weighted by molar-refractivity contribution is 14.0. The topological polar surface area (TPSA) is 62.5 Å². The molecule has 0 radical (unpaired) electrons. The van der Waals surface area contributed by atoms with Crippen LogP contribution in [0.2, 0.25) is 0 Å². The van der Waals surface area contributed by atoms with Crippen LogP contribution < -0.4 is 10.6 Å². The standard InChI is InChI=1S/C18H26N4O.HI/c1-5-16-11-17(23-22-16)12-21-18(19-4)20-7-6-15-9-13(2)8-14(3)10-15;/h8-11H,5-7,12H2,1-4H3,(H2,19,20,21);1H. The van der Waals surface area contributed by atoms with Crippen LogP contribution >= 0.6 is 24.0 Å². The summed E-state index contributed by atoms with van der Waals surface area (Å²) < 4.78 is 5.26. The van der Waals surface area contributed by atoms with Crippen molar-refractivity contribution < 1.29 is 4.52 Å². The molecule has 0 fully saturated rings. The Morgan fingerprint density at radius 3 is 2.42 bits per heavy atom. The van der Waals surface area contributed by atoms with E-state index < -0.39 is 0 Å². The van der Waals surface area contributed by atoms with Gasteiger partial charge in [0.05, 0.1) is 12.2 Å². The van der Waals surface area contributed by atoms with Crippen molar-refractivity contribution in [3.8, 4) is 0 Å². The Kier molecular flexibility index (Phi) is 8.81. The number of benzene rings is 1. The number of hydrogen-bond acceptors (Lipinski definition) is 3. The van der Waals surface area contributed by atoms with Crippen molar-refractivity contribution in [3.63, 3.8) is 0 Å². The molecule has 5 nitrogen and oxygen atoms in total. The first-order valence-corrected chi connectivity index (χ1v) is 8.07. The van der Waals surface area contributed by atoms with Crippen LogP contribution in [0.3, 0.4) is 0 Å². The van der Waals surface area contributed by atoms with Crippen molar-refractivity contribution in [2.45, 2.75) is 40.2 Å². The molecular formula is C18H27IN4O. The van der Waals surface area contributed by atoms with Gasteiger partial charge in [-0.1, -0.05) is 41.4 Å². The molecule has 1 aromatic carbocycles. The quantitative estimate of drug-likeness (QED) is 0.409. The van der Waals surface area contributed by atoms with E-state index in [-0.39, 0.29) is 24.0 Å². The van der Waals surface area contributed by atoms with Gasteiger partial charge in [0.1, 0.15) is 0 Å². The van der Waals surface area contributed by atoms with Crippen LogP contribution in [0.5, 0.6) is 0 Å². The van der Waals surface area contributed by atoms with Crippen LogP contribution in [0.4, 0.5) is 0 Å². The Hall–Kier alpha value is -1.57. The highest BCUT2D eigenvalue weighted by Crippen LogP contribution is 2.09. The highest BCUT2D eigenvalue weighted by atomic mass is 127. The number of guanidine groups is 1. The number of halogens is 1. The van der Waals surface area contributed by atoms with Gasteiger partial charge in [-0.3, -0.25) is 4.99 Å². The van der Waals surface area contributed by atoms with Gasteiger partial charge in [0, 0.05) is 19.7 Å². The second-order valence-electron chi connectivity index (χ2n) is 5.74. The Labute approximate surface area is 161 Å². The molecule has 1 heterocycles. The molecule has 0 bridgehead atoms. The molecule has 1 aromatic heterocycles. The summed E-state index contributed by atoms with van der Waals surface area (Å²) in [6.45, 7) is 7.73. The fraction of sp³-hybridized carbons (Fsp3) is 0.444. The molecule has 0 saturated carbocycles. The summed E-state index contributed by atoms with van der Waals surface area (Å²) in [5.74, 6) is 1.59. The monoisotopic (exact) mass is 442 g/mol. The van der Waals surface area contributed by atoms with E-state index in [4.69, 9.17) is 4.52 Å². The third-order valence-electron chi connectivity index (χ3n) is 3.61. The molecule has 0 aliphatic carbocycles. The molecule has 0 amide bonds. The second-order valence-corrected chi connectivity index (χ2v) is 5.74. The Morgan fingerprint density at radius 2 is 1.83 bits per heavy atom. The van der Waals surface area contributed by atoms with Crippen LogP contribution in [0.25, 0.3) is 0 Å². The second kappa shape index (κ2) is 10.3. The minimum absolute atomic E-state index is 0. The lowest BCUT2D eigenvalue weighted by Gasteiger charge is -2.11. The van der Waals surface area contributed by atoms with E-state index in [0.29, 0.717) is 6.54 Å². The van der Waals surface area contributed by atoms with Gasteiger partial charge in [-0.05, 0) is 32.3 Å². The first-order valence-electron chi connectivity index (χ1n) is 8.07. The van der Waals surface area contributed by atoms with Crippen molar-refractivity contribution >= 4 is 29.9 Å².